The zero-order valence-corrected chi connectivity index (χ0v) is 11.7. The smallest absolute Gasteiger partial charge is 0.149 e. The second-order valence-corrected chi connectivity index (χ2v) is 6.88. The SMILES string of the molecule is CN(CCS(C)(=O)=O)c1ccc(N)cc1Br. The molecule has 1 rings (SSSR count). The first-order valence-corrected chi connectivity index (χ1v) is 7.59. The lowest BCUT2D eigenvalue weighted by atomic mass is 10.2. The zero-order chi connectivity index (χ0) is 12.3. The van der Waals surface area contributed by atoms with Crippen LogP contribution in [0.25, 0.3) is 0 Å². The largest absolute Gasteiger partial charge is 0.399 e. The molecule has 0 bridgehead atoms. The minimum absolute atomic E-state index is 0.139. The lowest BCUT2D eigenvalue weighted by Gasteiger charge is -2.20. The molecular weight excluding hydrogens is 292 g/mol. The third-order valence-corrected chi connectivity index (χ3v) is 3.74. The van der Waals surface area contributed by atoms with Crippen LogP contribution >= 0.6 is 15.9 Å². The van der Waals surface area contributed by atoms with E-state index in [-0.39, 0.29) is 5.75 Å². The van der Waals surface area contributed by atoms with Gasteiger partial charge in [0.25, 0.3) is 0 Å². The van der Waals surface area contributed by atoms with E-state index < -0.39 is 9.84 Å². The molecule has 2 N–H and O–H groups in total. The average Bonchev–Trinajstić information content (AvgIpc) is 2.13. The van der Waals surface area contributed by atoms with Crippen LogP contribution in [0.15, 0.2) is 22.7 Å². The van der Waals surface area contributed by atoms with Crippen LogP contribution in [0.2, 0.25) is 0 Å². The number of nitrogens with two attached hydrogens (primary N) is 1. The van der Waals surface area contributed by atoms with E-state index in [2.05, 4.69) is 15.9 Å². The summed E-state index contributed by atoms with van der Waals surface area (Å²) in [6, 6.07) is 5.45. The van der Waals surface area contributed by atoms with E-state index in [4.69, 9.17) is 5.73 Å². The van der Waals surface area contributed by atoms with Crippen LogP contribution in [0.4, 0.5) is 11.4 Å². The molecule has 0 fully saturated rings. The summed E-state index contributed by atoms with van der Waals surface area (Å²) >= 11 is 3.40. The fourth-order valence-corrected chi connectivity index (χ4v) is 2.56. The molecule has 0 heterocycles. The highest BCUT2D eigenvalue weighted by atomic mass is 79.9. The Morgan fingerprint density at radius 2 is 2.06 bits per heavy atom. The fraction of sp³-hybridized carbons (Fsp3) is 0.400. The maximum absolute atomic E-state index is 11.0. The van der Waals surface area contributed by atoms with Gasteiger partial charge in [0, 0.05) is 30.0 Å². The first-order chi connectivity index (χ1) is 7.29. The summed E-state index contributed by atoms with van der Waals surface area (Å²) in [5.74, 6) is 0.139. The van der Waals surface area contributed by atoms with Crippen molar-refractivity contribution in [2.45, 2.75) is 0 Å². The van der Waals surface area contributed by atoms with Crippen molar-refractivity contribution in [2.24, 2.45) is 0 Å². The molecule has 0 unspecified atom stereocenters. The molecule has 6 heteroatoms. The van der Waals surface area contributed by atoms with Gasteiger partial charge in [-0.1, -0.05) is 0 Å². The van der Waals surface area contributed by atoms with E-state index in [1.54, 1.807) is 12.1 Å². The van der Waals surface area contributed by atoms with Gasteiger partial charge in [0.15, 0.2) is 0 Å². The first-order valence-electron chi connectivity index (χ1n) is 4.73. The van der Waals surface area contributed by atoms with Gasteiger partial charge in [-0.05, 0) is 34.1 Å². The van der Waals surface area contributed by atoms with E-state index in [0.717, 1.165) is 10.2 Å². The summed E-state index contributed by atoms with van der Waals surface area (Å²) in [4.78, 5) is 1.88. The third-order valence-electron chi connectivity index (χ3n) is 2.18. The molecule has 0 radical (unpaired) electrons. The van der Waals surface area contributed by atoms with Gasteiger partial charge in [-0.25, -0.2) is 8.42 Å². The number of nitrogens with zero attached hydrogens (tertiary/aromatic N) is 1. The number of halogens is 1. The minimum Gasteiger partial charge on any atom is -0.399 e. The number of benzene rings is 1. The molecule has 0 saturated heterocycles. The Morgan fingerprint density at radius 1 is 1.44 bits per heavy atom. The van der Waals surface area contributed by atoms with Gasteiger partial charge in [0.05, 0.1) is 11.4 Å². The van der Waals surface area contributed by atoms with Gasteiger partial charge in [0.1, 0.15) is 9.84 Å². The van der Waals surface area contributed by atoms with Gasteiger partial charge in [-0.3, -0.25) is 0 Å². The molecule has 0 atom stereocenters. The molecular formula is C10H15BrN2O2S. The Balaban J connectivity index is 2.77. The topological polar surface area (TPSA) is 63.4 Å². The van der Waals surface area contributed by atoms with Gasteiger partial charge >= 0.3 is 0 Å². The van der Waals surface area contributed by atoms with Crippen LogP contribution in [0.1, 0.15) is 0 Å². The lowest BCUT2D eigenvalue weighted by molar-refractivity contribution is 0.601. The lowest BCUT2D eigenvalue weighted by Crippen LogP contribution is -2.25. The maximum Gasteiger partial charge on any atom is 0.149 e. The highest BCUT2D eigenvalue weighted by molar-refractivity contribution is 9.10. The highest BCUT2D eigenvalue weighted by Gasteiger charge is 2.09. The van der Waals surface area contributed by atoms with E-state index in [1.807, 2.05) is 18.0 Å². The molecule has 90 valence electrons. The van der Waals surface area contributed by atoms with E-state index >= 15 is 0 Å². The van der Waals surface area contributed by atoms with Crippen LogP contribution in [-0.4, -0.2) is 34.0 Å². The summed E-state index contributed by atoms with van der Waals surface area (Å²) in [6.45, 7) is 0.460. The molecule has 16 heavy (non-hydrogen) atoms. The van der Waals surface area contributed by atoms with Crippen LogP contribution in [-0.2, 0) is 9.84 Å². The average molecular weight is 307 g/mol. The van der Waals surface area contributed by atoms with Gasteiger partial charge < -0.3 is 10.6 Å². The first kappa shape index (κ1) is 13.3. The van der Waals surface area contributed by atoms with Crippen LogP contribution in [0, 0.1) is 0 Å². The molecule has 0 aliphatic heterocycles. The van der Waals surface area contributed by atoms with Gasteiger partial charge in [0.2, 0.25) is 0 Å². The van der Waals surface area contributed by atoms with E-state index in [0.29, 0.717) is 12.2 Å². The normalized spacial score (nSPS) is 11.4. The number of sulfone groups is 1. The molecule has 4 nitrogen and oxygen atoms in total. The van der Waals surface area contributed by atoms with Crippen molar-refractivity contribution in [3.63, 3.8) is 0 Å². The van der Waals surface area contributed by atoms with Crippen molar-refractivity contribution >= 4 is 37.1 Å². The molecule has 0 saturated carbocycles. The zero-order valence-electron chi connectivity index (χ0n) is 9.27. The van der Waals surface area contributed by atoms with Crippen LogP contribution < -0.4 is 10.6 Å². The molecule has 0 amide bonds. The Morgan fingerprint density at radius 3 is 2.56 bits per heavy atom. The van der Waals surface area contributed by atoms with Crippen LogP contribution in [0.5, 0.6) is 0 Å². The van der Waals surface area contributed by atoms with Crippen molar-refractivity contribution in [1.29, 1.82) is 0 Å². The second-order valence-electron chi connectivity index (χ2n) is 3.76. The molecule has 0 spiro atoms. The highest BCUT2D eigenvalue weighted by Crippen LogP contribution is 2.27. The molecule has 1 aromatic carbocycles. The number of anilines is 2. The van der Waals surface area contributed by atoms with Gasteiger partial charge in [-0.2, -0.15) is 0 Å². The summed E-state index contributed by atoms with van der Waals surface area (Å²) < 4.78 is 23.0. The predicted octanol–water partition coefficient (Wildman–Crippen LogP) is 1.51. The summed E-state index contributed by atoms with van der Waals surface area (Å²) in [5, 5.41) is 0. The van der Waals surface area contributed by atoms with E-state index in [1.165, 1.54) is 6.26 Å². The number of hydrogen-bond acceptors (Lipinski definition) is 4. The Labute approximate surface area is 104 Å². The quantitative estimate of drug-likeness (QED) is 0.857. The van der Waals surface area contributed by atoms with E-state index in [9.17, 15) is 8.42 Å². The van der Waals surface area contributed by atoms with Crippen molar-refractivity contribution in [3.8, 4) is 0 Å². The van der Waals surface area contributed by atoms with Crippen molar-refractivity contribution in [1.82, 2.24) is 0 Å². The predicted molar refractivity (Wildman–Crippen MR) is 71.5 cm³/mol. The second kappa shape index (κ2) is 5.05. The number of rotatable bonds is 4. The van der Waals surface area contributed by atoms with Crippen molar-refractivity contribution < 1.29 is 8.42 Å². The van der Waals surface area contributed by atoms with Crippen molar-refractivity contribution in [2.75, 3.05) is 36.2 Å². The standard InChI is InChI=1S/C10H15BrN2O2S/c1-13(5-6-16(2,14)15)10-4-3-8(12)7-9(10)11/h3-4,7H,5-6,12H2,1-2H3. The molecule has 0 aliphatic carbocycles. The van der Waals surface area contributed by atoms with Crippen molar-refractivity contribution in [3.05, 3.63) is 22.7 Å². The number of nitrogen functional groups attached to an aromatic ring is 1. The van der Waals surface area contributed by atoms with Crippen LogP contribution in [0.3, 0.4) is 0 Å². The Bertz CT molecular complexity index is 474. The monoisotopic (exact) mass is 306 g/mol. The fourth-order valence-electron chi connectivity index (χ4n) is 1.26. The summed E-state index contributed by atoms with van der Waals surface area (Å²) in [7, 11) is -1.08. The molecule has 1 aromatic rings. The van der Waals surface area contributed by atoms with Gasteiger partial charge in [-0.15, -0.1) is 0 Å². The molecule has 0 aliphatic rings. The Kier molecular flexibility index (Phi) is 4.21. The third kappa shape index (κ3) is 4.02. The summed E-state index contributed by atoms with van der Waals surface area (Å²) in [5.41, 5.74) is 7.23. The molecule has 0 aromatic heterocycles. The Hall–Kier alpha value is -0.750. The maximum atomic E-state index is 11.0. The number of hydrogen-bond donors (Lipinski definition) is 1. The summed E-state index contributed by atoms with van der Waals surface area (Å²) in [6.07, 6.45) is 1.23. The minimum atomic E-state index is -2.93.